The number of unbranched alkanes of at least 4 members (excludes halogenated alkanes) is 1. The van der Waals surface area contributed by atoms with E-state index in [2.05, 4.69) is 0 Å². The maximum Gasteiger partial charge on any atom is 0.299 e. The summed E-state index contributed by atoms with van der Waals surface area (Å²) in [4.78, 5) is 25.7. The predicted molar refractivity (Wildman–Crippen MR) is 73.7 cm³/mol. The molecule has 2 rings (SSSR count). The van der Waals surface area contributed by atoms with Crippen molar-refractivity contribution in [1.82, 2.24) is 0 Å². The molecule has 4 heteroatoms. The minimum atomic E-state index is -0.402. The number of benzene rings is 1. The Morgan fingerprint density at radius 3 is 2.58 bits per heavy atom. The van der Waals surface area contributed by atoms with Gasteiger partial charge in [0.25, 0.3) is 11.7 Å². The Bertz CT molecular complexity index is 522. The summed E-state index contributed by atoms with van der Waals surface area (Å²) in [6.07, 6.45) is 1.72. The lowest BCUT2D eigenvalue weighted by Gasteiger charge is -2.17. The summed E-state index contributed by atoms with van der Waals surface area (Å²) in [6, 6.07) is 3.86. The zero-order chi connectivity index (χ0) is 14.0. The van der Waals surface area contributed by atoms with Gasteiger partial charge in [0.15, 0.2) is 0 Å². The fourth-order valence-electron chi connectivity index (χ4n) is 2.53. The van der Waals surface area contributed by atoms with Gasteiger partial charge >= 0.3 is 0 Å². The minimum Gasteiger partial charge on any atom is -0.385 e. The largest absolute Gasteiger partial charge is 0.385 e. The molecule has 19 heavy (non-hydrogen) atoms. The molecule has 0 aromatic heterocycles. The van der Waals surface area contributed by atoms with Crippen LogP contribution in [0.3, 0.4) is 0 Å². The summed E-state index contributed by atoms with van der Waals surface area (Å²) in [5, 5.41) is 0. The minimum absolute atomic E-state index is 0.376. The van der Waals surface area contributed by atoms with Crippen LogP contribution < -0.4 is 4.90 Å². The first-order valence-electron chi connectivity index (χ1n) is 6.52. The van der Waals surface area contributed by atoms with Crippen molar-refractivity contribution in [2.75, 3.05) is 25.2 Å². The molecule has 0 unspecified atom stereocenters. The summed E-state index contributed by atoms with van der Waals surface area (Å²) in [7, 11) is 1.66. The first kappa shape index (κ1) is 13.7. The first-order chi connectivity index (χ1) is 9.06. The van der Waals surface area contributed by atoms with Crippen molar-refractivity contribution in [3.63, 3.8) is 0 Å². The molecule has 0 saturated carbocycles. The normalized spacial score (nSPS) is 14.2. The second kappa shape index (κ2) is 5.53. The lowest BCUT2D eigenvalue weighted by molar-refractivity contribution is -0.114. The molecular formula is C15H19NO3. The number of fused-ring (bicyclic) bond motifs is 1. The molecule has 4 nitrogen and oxygen atoms in total. The summed E-state index contributed by atoms with van der Waals surface area (Å²) in [5.41, 5.74) is 3.29. The quantitative estimate of drug-likeness (QED) is 0.603. The number of hydrogen-bond acceptors (Lipinski definition) is 3. The molecule has 1 aliphatic rings. The molecule has 1 aromatic carbocycles. The summed E-state index contributed by atoms with van der Waals surface area (Å²) >= 11 is 0. The average molecular weight is 261 g/mol. The van der Waals surface area contributed by atoms with Crippen LogP contribution in [0.15, 0.2) is 12.1 Å². The highest BCUT2D eigenvalue weighted by Gasteiger charge is 2.36. The number of nitrogens with zero attached hydrogens (tertiary/aromatic N) is 1. The Labute approximate surface area is 113 Å². The number of ketones is 1. The van der Waals surface area contributed by atoms with Crippen molar-refractivity contribution in [1.29, 1.82) is 0 Å². The molecule has 0 aliphatic carbocycles. The van der Waals surface area contributed by atoms with Gasteiger partial charge in [0.2, 0.25) is 0 Å². The second-order valence-corrected chi connectivity index (χ2v) is 4.96. The van der Waals surface area contributed by atoms with E-state index in [1.165, 1.54) is 0 Å². The zero-order valence-corrected chi connectivity index (χ0v) is 11.7. The lowest BCUT2D eigenvalue weighted by atomic mass is 10.0. The first-order valence-corrected chi connectivity index (χ1v) is 6.52. The number of carbonyl (C=O) groups excluding carboxylic acids is 2. The van der Waals surface area contributed by atoms with Crippen LogP contribution in [0, 0.1) is 13.8 Å². The predicted octanol–water partition coefficient (Wildman–Crippen LogP) is 2.26. The summed E-state index contributed by atoms with van der Waals surface area (Å²) in [6.45, 7) is 5.11. The average Bonchev–Trinajstić information content (AvgIpc) is 2.59. The maximum absolute atomic E-state index is 12.0. The fourth-order valence-corrected chi connectivity index (χ4v) is 2.53. The number of rotatable bonds is 5. The molecule has 1 aromatic rings. The van der Waals surface area contributed by atoms with Gasteiger partial charge in [-0.1, -0.05) is 6.07 Å². The molecule has 0 radical (unpaired) electrons. The SMILES string of the molecule is COCCCCN1C(=O)C(=O)c2c(C)cc(C)cc21. The Morgan fingerprint density at radius 1 is 1.16 bits per heavy atom. The van der Waals surface area contributed by atoms with Crippen molar-refractivity contribution < 1.29 is 14.3 Å². The number of carbonyl (C=O) groups is 2. The van der Waals surface area contributed by atoms with Crippen LogP contribution in [0.25, 0.3) is 0 Å². The van der Waals surface area contributed by atoms with Crippen molar-refractivity contribution in [2.45, 2.75) is 26.7 Å². The van der Waals surface area contributed by atoms with Crippen molar-refractivity contribution in [2.24, 2.45) is 0 Å². The topological polar surface area (TPSA) is 46.6 Å². The number of aryl methyl sites for hydroxylation is 2. The van der Waals surface area contributed by atoms with Crippen LogP contribution in [-0.4, -0.2) is 32.0 Å². The van der Waals surface area contributed by atoms with Crippen LogP contribution >= 0.6 is 0 Å². The maximum atomic E-state index is 12.0. The van der Waals surface area contributed by atoms with Crippen LogP contribution in [0.2, 0.25) is 0 Å². The van der Waals surface area contributed by atoms with Crippen LogP contribution in [0.1, 0.15) is 34.3 Å². The summed E-state index contributed by atoms with van der Waals surface area (Å²) in [5.74, 6) is -0.777. The highest BCUT2D eigenvalue weighted by Crippen LogP contribution is 2.32. The molecule has 0 N–H and O–H groups in total. The van der Waals surface area contributed by atoms with Crippen LogP contribution in [-0.2, 0) is 9.53 Å². The van der Waals surface area contributed by atoms with Gasteiger partial charge in [0.05, 0.1) is 11.3 Å². The number of methoxy groups -OCH3 is 1. The molecule has 0 atom stereocenters. The van der Waals surface area contributed by atoms with Crippen LogP contribution in [0.4, 0.5) is 5.69 Å². The van der Waals surface area contributed by atoms with E-state index in [9.17, 15) is 9.59 Å². The Hall–Kier alpha value is -1.68. The number of amides is 1. The lowest BCUT2D eigenvalue weighted by Crippen LogP contribution is -2.30. The van der Waals surface area contributed by atoms with E-state index in [-0.39, 0.29) is 5.78 Å². The van der Waals surface area contributed by atoms with Crippen molar-refractivity contribution >= 4 is 17.4 Å². The molecule has 1 aliphatic heterocycles. The molecule has 0 spiro atoms. The van der Waals surface area contributed by atoms with E-state index in [0.717, 1.165) is 29.7 Å². The Morgan fingerprint density at radius 2 is 1.89 bits per heavy atom. The van der Waals surface area contributed by atoms with E-state index in [1.807, 2.05) is 26.0 Å². The van der Waals surface area contributed by atoms with E-state index in [0.29, 0.717) is 18.7 Å². The smallest absolute Gasteiger partial charge is 0.299 e. The van der Waals surface area contributed by atoms with Gasteiger partial charge in [0, 0.05) is 20.3 Å². The third-order valence-electron chi connectivity index (χ3n) is 3.40. The van der Waals surface area contributed by atoms with Gasteiger partial charge in [0.1, 0.15) is 0 Å². The number of Topliss-reactive ketones (excluding diaryl/α,β-unsaturated/α-hetero) is 1. The molecule has 0 fully saturated rings. The zero-order valence-electron chi connectivity index (χ0n) is 11.7. The van der Waals surface area contributed by atoms with E-state index in [1.54, 1.807) is 12.0 Å². The highest BCUT2D eigenvalue weighted by molar-refractivity contribution is 6.52. The number of ether oxygens (including phenoxy) is 1. The fraction of sp³-hybridized carbons (Fsp3) is 0.467. The van der Waals surface area contributed by atoms with Gasteiger partial charge in [-0.15, -0.1) is 0 Å². The van der Waals surface area contributed by atoms with Gasteiger partial charge in [-0.25, -0.2) is 0 Å². The Kier molecular flexibility index (Phi) is 4.00. The molecule has 1 heterocycles. The third-order valence-corrected chi connectivity index (χ3v) is 3.40. The van der Waals surface area contributed by atoms with E-state index in [4.69, 9.17) is 4.74 Å². The number of hydrogen-bond donors (Lipinski definition) is 0. The van der Waals surface area contributed by atoms with E-state index >= 15 is 0 Å². The number of anilines is 1. The second-order valence-electron chi connectivity index (χ2n) is 4.96. The van der Waals surface area contributed by atoms with Gasteiger partial charge in [-0.05, 0) is 43.9 Å². The van der Waals surface area contributed by atoms with Crippen molar-refractivity contribution in [3.8, 4) is 0 Å². The van der Waals surface area contributed by atoms with Gasteiger partial charge in [-0.2, -0.15) is 0 Å². The van der Waals surface area contributed by atoms with Crippen molar-refractivity contribution in [3.05, 3.63) is 28.8 Å². The Balaban J connectivity index is 2.23. The molecule has 102 valence electrons. The van der Waals surface area contributed by atoms with Crippen LogP contribution in [0.5, 0.6) is 0 Å². The van der Waals surface area contributed by atoms with Gasteiger partial charge < -0.3 is 9.64 Å². The monoisotopic (exact) mass is 261 g/mol. The third kappa shape index (κ3) is 2.54. The van der Waals surface area contributed by atoms with Gasteiger partial charge in [-0.3, -0.25) is 9.59 Å². The molecule has 1 amide bonds. The molecule has 0 bridgehead atoms. The molecular weight excluding hydrogens is 242 g/mol. The van der Waals surface area contributed by atoms with E-state index < -0.39 is 5.91 Å². The standard InChI is InChI=1S/C15H19NO3/c1-10-8-11(2)13-12(9-10)16(15(18)14(13)17)6-4-5-7-19-3/h8-9H,4-7H2,1-3H3. The summed E-state index contributed by atoms with van der Waals surface area (Å²) < 4.78 is 4.99. The molecule has 0 saturated heterocycles. The highest BCUT2D eigenvalue weighted by atomic mass is 16.5.